The van der Waals surface area contributed by atoms with Gasteiger partial charge in [-0.15, -0.1) is 10.2 Å². The van der Waals surface area contributed by atoms with Crippen LogP contribution in [0.5, 0.6) is 0 Å². The number of para-hydroxylation sites is 1. The minimum atomic E-state index is -0.0892. The summed E-state index contributed by atoms with van der Waals surface area (Å²) in [5.74, 6) is 1.68. The van der Waals surface area contributed by atoms with Crippen LogP contribution < -0.4 is 5.56 Å². The number of likely N-dealkylation sites (tertiary alicyclic amines) is 1. The number of fused-ring (bicyclic) bond motifs is 4. The van der Waals surface area contributed by atoms with Crippen molar-refractivity contribution in [2.24, 2.45) is 5.92 Å². The van der Waals surface area contributed by atoms with E-state index in [1.165, 1.54) is 37.4 Å². The molecular weight excluding hydrogens is 458 g/mol. The van der Waals surface area contributed by atoms with Gasteiger partial charge in [0.15, 0.2) is 5.16 Å². The molecule has 0 radical (unpaired) electrons. The molecule has 180 valence electrons. The van der Waals surface area contributed by atoms with Gasteiger partial charge in [-0.25, -0.2) is 0 Å². The van der Waals surface area contributed by atoms with E-state index in [0.29, 0.717) is 40.6 Å². The third-order valence-corrected chi connectivity index (χ3v) is 8.46. The summed E-state index contributed by atoms with van der Waals surface area (Å²) < 4.78 is 3.60. The number of aromatic nitrogens is 4. The van der Waals surface area contributed by atoms with Crippen molar-refractivity contribution in [1.82, 2.24) is 24.1 Å². The molecule has 35 heavy (non-hydrogen) atoms. The van der Waals surface area contributed by atoms with Crippen LogP contribution in [0.25, 0.3) is 16.7 Å². The number of hydrogen-bond acceptors (Lipinski definition) is 5. The second-order valence-electron chi connectivity index (χ2n) is 9.64. The Balaban J connectivity index is 1.33. The van der Waals surface area contributed by atoms with Crippen LogP contribution in [-0.4, -0.2) is 48.3 Å². The zero-order valence-corrected chi connectivity index (χ0v) is 20.5. The molecule has 1 aliphatic heterocycles. The summed E-state index contributed by atoms with van der Waals surface area (Å²) in [7, 11) is 0. The predicted molar refractivity (Wildman–Crippen MR) is 138 cm³/mol. The van der Waals surface area contributed by atoms with Crippen LogP contribution in [0.15, 0.2) is 64.5 Å². The van der Waals surface area contributed by atoms with Gasteiger partial charge in [-0.1, -0.05) is 67.1 Å². The maximum atomic E-state index is 13.4. The molecule has 3 heterocycles. The highest BCUT2D eigenvalue weighted by molar-refractivity contribution is 7.99. The van der Waals surface area contributed by atoms with Crippen LogP contribution in [0, 0.1) is 5.92 Å². The van der Waals surface area contributed by atoms with E-state index < -0.39 is 0 Å². The zero-order valence-electron chi connectivity index (χ0n) is 19.7. The number of thioether (sulfide) groups is 1. The smallest absolute Gasteiger partial charge is 0.263 e. The molecule has 2 unspecified atom stereocenters. The highest BCUT2D eigenvalue weighted by Crippen LogP contribution is 2.35. The van der Waals surface area contributed by atoms with E-state index in [-0.39, 0.29) is 11.5 Å². The number of hydrogen-bond donors (Lipinski definition) is 0. The van der Waals surface area contributed by atoms with Crippen molar-refractivity contribution in [3.8, 4) is 0 Å². The number of amides is 1. The third-order valence-electron chi connectivity index (χ3n) is 7.55. The van der Waals surface area contributed by atoms with E-state index >= 15 is 0 Å². The van der Waals surface area contributed by atoms with E-state index in [1.54, 1.807) is 4.57 Å². The quantitative estimate of drug-likeness (QED) is 0.391. The molecular formula is C27H29N5O2S. The maximum Gasteiger partial charge on any atom is 0.263 e. The Labute approximate surface area is 208 Å². The van der Waals surface area contributed by atoms with Gasteiger partial charge in [0.2, 0.25) is 11.7 Å². The molecule has 2 aromatic heterocycles. The van der Waals surface area contributed by atoms with Gasteiger partial charge in [0.05, 0.1) is 23.2 Å². The molecule has 0 bridgehead atoms. The first-order valence-corrected chi connectivity index (χ1v) is 13.5. The van der Waals surface area contributed by atoms with Gasteiger partial charge >= 0.3 is 0 Å². The van der Waals surface area contributed by atoms with Gasteiger partial charge in [0, 0.05) is 12.6 Å². The number of nitrogens with zero attached hydrogens (tertiary/aromatic N) is 5. The maximum absolute atomic E-state index is 13.4. The molecule has 7 nitrogen and oxygen atoms in total. The highest BCUT2D eigenvalue weighted by atomic mass is 32.2. The first-order valence-electron chi connectivity index (χ1n) is 12.5. The first kappa shape index (κ1) is 22.3. The lowest BCUT2D eigenvalue weighted by atomic mass is 9.78. The summed E-state index contributed by atoms with van der Waals surface area (Å²) in [5, 5.41) is 10.1. The van der Waals surface area contributed by atoms with Crippen LogP contribution in [0.3, 0.4) is 0 Å². The average molecular weight is 488 g/mol. The number of benzene rings is 2. The van der Waals surface area contributed by atoms with Crippen molar-refractivity contribution < 1.29 is 4.79 Å². The van der Waals surface area contributed by atoms with Gasteiger partial charge in [-0.3, -0.25) is 18.6 Å². The molecule has 2 aliphatic rings. The van der Waals surface area contributed by atoms with E-state index in [0.717, 1.165) is 30.5 Å². The lowest BCUT2D eigenvalue weighted by molar-refractivity contribution is -0.134. The normalized spacial score (nSPS) is 20.3. The molecule has 2 fully saturated rings. The predicted octanol–water partition coefficient (Wildman–Crippen LogP) is 4.37. The van der Waals surface area contributed by atoms with Gasteiger partial charge in [0.25, 0.3) is 5.56 Å². The van der Waals surface area contributed by atoms with E-state index in [9.17, 15) is 9.59 Å². The topological polar surface area (TPSA) is 72.5 Å². The fourth-order valence-electron chi connectivity index (χ4n) is 5.88. The number of carbonyl (C=O) groups excluding carboxylic acids is 1. The van der Waals surface area contributed by atoms with Crippen molar-refractivity contribution in [2.75, 3.05) is 12.3 Å². The lowest BCUT2D eigenvalue weighted by Crippen LogP contribution is -2.50. The molecule has 1 aliphatic carbocycles. The van der Waals surface area contributed by atoms with Gasteiger partial charge < -0.3 is 4.90 Å². The Kier molecular flexibility index (Phi) is 6.06. The highest BCUT2D eigenvalue weighted by Gasteiger charge is 2.35. The molecule has 1 saturated carbocycles. The molecule has 1 amide bonds. The van der Waals surface area contributed by atoms with E-state index in [1.807, 2.05) is 59.0 Å². The van der Waals surface area contributed by atoms with Crippen LogP contribution in [-0.2, 0) is 11.3 Å². The molecule has 6 rings (SSSR count). The molecule has 4 aromatic rings. The van der Waals surface area contributed by atoms with Crippen LogP contribution in [0.1, 0.15) is 44.1 Å². The molecule has 0 spiro atoms. The Hall–Kier alpha value is -3.13. The molecule has 1 saturated heterocycles. The largest absolute Gasteiger partial charge is 0.339 e. The Morgan fingerprint density at radius 3 is 2.60 bits per heavy atom. The van der Waals surface area contributed by atoms with Crippen molar-refractivity contribution in [2.45, 2.75) is 56.3 Å². The van der Waals surface area contributed by atoms with Crippen LogP contribution in [0.2, 0.25) is 0 Å². The summed E-state index contributed by atoms with van der Waals surface area (Å²) in [6, 6.07) is 17.8. The number of piperidine rings is 1. The van der Waals surface area contributed by atoms with Crippen molar-refractivity contribution in [1.29, 1.82) is 0 Å². The Morgan fingerprint density at radius 1 is 0.943 bits per heavy atom. The van der Waals surface area contributed by atoms with E-state index in [2.05, 4.69) is 15.1 Å². The molecule has 2 aromatic carbocycles. The fraction of sp³-hybridized carbons (Fsp3) is 0.407. The SMILES string of the molecule is O=C(CSc1nnc2n(Cc3ccccc3)c(=O)c3ccccc3n12)N1CCCC2CCCCC21. The van der Waals surface area contributed by atoms with Gasteiger partial charge in [0.1, 0.15) is 0 Å². The van der Waals surface area contributed by atoms with Gasteiger partial charge in [-0.05, 0) is 49.3 Å². The second-order valence-corrected chi connectivity index (χ2v) is 10.6. The summed E-state index contributed by atoms with van der Waals surface area (Å²) in [5.41, 5.74) is 1.70. The minimum absolute atomic E-state index is 0.0892. The van der Waals surface area contributed by atoms with Crippen molar-refractivity contribution in [3.05, 3.63) is 70.5 Å². The summed E-state index contributed by atoms with van der Waals surface area (Å²) >= 11 is 1.42. The number of carbonyl (C=O) groups is 1. The average Bonchev–Trinajstić information content (AvgIpc) is 3.34. The summed E-state index contributed by atoms with van der Waals surface area (Å²) in [4.78, 5) is 28.8. The van der Waals surface area contributed by atoms with Crippen molar-refractivity contribution >= 4 is 34.3 Å². The molecule has 8 heteroatoms. The monoisotopic (exact) mass is 487 g/mol. The third kappa shape index (κ3) is 4.14. The minimum Gasteiger partial charge on any atom is -0.339 e. The number of rotatable bonds is 5. The van der Waals surface area contributed by atoms with Crippen LogP contribution in [0.4, 0.5) is 0 Å². The van der Waals surface area contributed by atoms with Crippen molar-refractivity contribution in [3.63, 3.8) is 0 Å². The second kappa shape index (κ2) is 9.49. The first-order chi connectivity index (χ1) is 17.2. The summed E-state index contributed by atoms with van der Waals surface area (Å²) in [6.45, 7) is 1.27. The standard InChI is InChI=1S/C27H29N5O2S/c33-24(30-16-8-12-20-11-4-6-14-22(20)30)18-35-27-29-28-26-31(17-19-9-2-1-3-10-19)25(34)21-13-5-7-15-23(21)32(26)27/h1-3,5,7,9-10,13,15,20,22H,4,6,8,11-12,14,16-18H2. The zero-order chi connectivity index (χ0) is 23.8. The Bertz CT molecular complexity index is 1430. The van der Waals surface area contributed by atoms with E-state index in [4.69, 9.17) is 0 Å². The Morgan fingerprint density at radius 2 is 1.71 bits per heavy atom. The summed E-state index contributed by atoms with van der Waals surface area (Å²) in [6.07, 6.45) is 7.25. The van der Waals surface area contributed by atoms with Gasteiger partial charge in [-0.2, -0.15) is 0 Å². The molecule has 0 N–H and O–H groups in total. The van der Waals surface area contributed by atoms with Crippen LogP contribution >= 0.6 is 11.8 Å². The fourth-order valence-corrected chi connectivity index (χ4v) is 6.71. The lowest BCUT2D eigenvalue weighted by Gasteiger charge is -2.44. The molecule has 2 atom stereocenters.